The van der Waals surface area contributed by atoms with Crippen molar-refractivity contribution in [3.63, 3.8) is 0 Å². The number of nitrogens with zero attached hydrogens (tertiary/aromatic N) is 1. The van der Waals surface area contributed by atoms with Gasteiger partial charge in [-0.15, -0.1) is 0 Å². The van der Waals surface area contributed by atoms with Crippen molar-refractivity contribution in [1.82, 2.24) is 4.57 Å². The second-order valence-corrected chi connectivity index (χ2v) is 4.28. The number of para-hydroxylation sites is 1. The van der Waals surface area contributed by atoms with Gasteiger partial charge in [-0.2, -0.15) is 0 Å². The molecule has 0 amide bonds. The van der Waals surface area contributed by atoms with Crippen LogP contribution in [0.5, 0.6) is 0 Å². The van der Waals surface area contributed by atoms with E-state index in [0.29, 0.717) is 6.54 Å². The molecule has 1 aromatic carbocycles. The topological polar surface area (TPSA) is 59.3 Å². The molecule has 1 N–H and O–H groups in total. The number of aromatic carboxylic acids is 1. The van der Waals surface area contributed by atoms with Crippen LogP contribution in [0.15, 0.2) is 29.1 Å². The molecule has 17 heavy (non-hydrogen) atoms. The third kappa shape index (κ3) is 1.37. The maximum atomic E-state index is 12.0. The van der Waals surface area contributed by atoms with Gasteiger partial charge in [0.05, 0.1) is 5.52 Å². The molecule has 0 bridgehead atoms. The molecule has 0 saturated carbocycles. The summed E-state index contributed by atoms with van der Waals surface area (Å²) in [6.45, 7) is 0.605. The van der Waals surface area contributed by atoms with Crippen LogP contribution < -0.4 is 5.56 Å². The molecule has 1 aliphatic rings. The second-order valence-electron chi connectivity index (χ2n) is 4.28. The van der Waals surface area contributed by atoms with Crippen LogP contribution in [0.4, 0.5) is 0 Å². The third-order valence-corrected chi connectivity index (χ3v) is 3.25. The fourth-order valence-electron chi connectivity index (χ4n) is 2.52. The van der Waals surface area contributed by atoms with Gasteiger partial charge in [-0.05, 0) is 29.9 Å². The fourth-order valence-corrected chi connectivity index (χ4v) is 2.52. The molecule has 1 aliphatic heterocycles. The average Bonchev–Trinajstić information content (AvgIpc) is 2.33. The molecule has 1 aromatic heterocycles. The first-order chi connectivity index (χ1) is 8.18. The van der Waals surface area contributed by atoms with Crippen LogP contribution in [0.2, 0.25) is 0 Å². The Kier molecular flexibility index (Phi) is 2.04. The lowest BCUT2D eigenvalue weighted by Crippen LogP contribution is -2.29. The van der Waals surface area contributed by atoms with Crippen LogP contribution in [0.25, 0.3) is 10.9 Å². The summed E-state index contributed by atoms with van der Waals surface area (Å²) >= 11 is 0. The monoisotopic (exact) mass is 229 g/mol. The highest BCUT2D eigenvalue weighted by atomic mass is 16.4. The Hall–Kier alpha value is -2.10. The number of carbonyl (C=O) groups is 1. The molecule has 0 spiro atoms. The van der Waals surface area contributed by atoms with E-state index in [0.717, 1.165) is 29.3 Å². The maximum absolute atomic E-state index is 12.0. The minimum atomic E-state index is -1.16. The summed E-state index contributed by atoms with van der Waals surface area (Å²) in [7, 11) is 0. The van der Waals surface area contributed by atoms with Gasteiger partial charge >= 0.3 is 5.97 Å². The van der Waals surface area contributed by atoms with Crippen molar-refractivity contribution in [2.75, 3.05) is 0 Å². The van der Waals surface area contributed by atoms with Crippen LogP contribution in [0, 0.1) is 0 Å². The molecule has 0 atom stereocenters. The van der Waals surface area contributed by atoms with E-state index in [1.807, 2.05) is 18.2 Å². The zero-order valence-electron chi connectivity index (χ0n) is 9.14. The Balaban J connectivity index is 2.51. The number of carboxylic acids is 1. The standard InChI is InChI=1S/C13H11NO3/c15-12-10(13(16)17)7-9-4-1-3-8-5-2-6-14(12)11(8)9/h1,3-4,7H,2,5-6H2,(H,16,17). The normalized spacial score (nSPS) is 13.9. The Morgan fingerprint density at radius 2 is 2.18 bits per heavy atom. The van der Waals surface area contributed by atoms with Crippen molar-refractivity contribution in [2.45, 2.75) is 19.4 Å². The van der Waals surface area contributed by atoms with Gasteiger partial charge in [0.15, 0.2) is 0 Å². The number of carboxylic acid groups (broad SMARTS) is 1. The number of hydrogen-bond donors (Lipinski definition) is 1. The Morgan fingerprint density at radius 3 is 2.94 bits per heavy atom. The van der Waals surface area contributed by atoms with Crippen molar-refractivity contribution in [3.8, 4) is 0 Å². The molecule has 0 fully saturated rings. The summed E-state index contributed by atoms with van der Waals surface area (Å²) in [6, 6.07) is 7.24. The fraction of sp³-hybridized carbons (Fsp3) is 0.231. The number of benzene rings is 1. The molecule has 0 saturated heterocycles. The average molecular weight is 229 g/mol. The molecule has 4 heteroatoms. The predicted molar refractivity (Wildman–Crippen MR) is 63.5 cm³/mol. The highest BCUT2D eigenvalue weighted by Gasteiger charge is 2.18. The number of pyridine rings is 1. The smallest absolute Gasteiger partial charge is 0.341 e. The van der Waals surface area contributed by atoms with Gasteiger partial charge in [0.2, 0.25) is 0 Å². The van der Waals surface area contributed by atoms with Crippen LogP contribution in [-0.2, 0) is 13.0 Å². The van der Waals surface area contributed by atoms with Crippen LogP contribution in [-0.4, -0.2) is 15.6 Å². The van der Waals surface area contributed by atoms with E-state index in [4.69, 9.17) is 5.11 Å². The van der Waals surface area contributed by atoms with Gasteiger partial charge in [0.25, 0.3) is 5.56 Å². The quantitative estimate of drug-likeness (QED) is 0.808. The van der Waals surface area contributed by atoms with Crippen LogP contribution in [0.3, 0.4) is 0 Å². The molecule has 4 nitrogen and oxygen atoms in total. The van der Waals surface area contributed by atoms with E-state index in [1.54, 1.807) is 4.57 Å². The van der Waals surface area contributed by atoms with Gasteiger partial charge in [0.1, 0.15) is 5.56 Å². The lowest BCUT2D eigenvalue weighted by Gasteiger charge is -2.19. The van der Waals surface area contributed by atoms with Gasteiger partial charge in [0, 0.05) is 6.54 Å². The summed E-state index contributed by atoms with van der Waals surface area (Å²) in [5.74, 6) is -1.16. The molecular formula is C13H11NO3. The second kappa shape index (κ2) is 3.45. The molecule has 2 aromatic rings. The Morgan fingerprint density at radius 1 is 1.35 bits per heavy atom. The highest BCUT2D eigenvalue weighted by molar-refractivity contribution is 5.93. The highest BCUT2D eigenvalue weighted by Crippen LogP contribution is 2.23. The summed E-state index contributed by atoms with van der Waals surface area (Å²) in [5.41, 5.74) is 1.49. The largest absolute Gasteiger partial charge is 0.477 e. The van der Waals surface area contributed by atoms with Crippen molar-refractivity contribution in [3.05, 3.63) is 45.7 Å². The maximum Gasteiger partial charge on any atom is 0.341 e. The van der Waals surface area contributed by atoms with Crippen molar-refractivity contribution < 1.29 is 9.90 Å². The van der Waals surface area contributed by atoms with E-state index < -0.39 is 11.5 Å². The Bertz CT molecular complexity index is 685. The van der Waals surface area contributed by atoms with Gasteiger partial charge < -0.3 is 9.67 Å². The van der Waals surface area contributed by atoms with E-state index in [2.05, 4.69) is 0 Å². The number of aryl methyl sites for hydroxylation is 2. The zero-order valence-corrected chi connectivity index (χ0v) is 9.14. The Labute approximate surface area is 97.1 Å². The summed E-state index contributed by atoms with van der Waals surface area (Å²) in [5, 5.41) is 9.85. The van der Waals surface area contributed by atoms with E-state index in [9.17, 15) is 9.59 Å². The summed E-state index contributed by atoms with van der Waals surface area (Å²) in [6.07, 6.45) is 1.83. The van der Waals surface area contributed by atoms with Gasteiger partial charge in [-0.25, -0.2) is 4.79 Å². The summed E-state index contributed by atoms with van der Waals surface area (Å²) in [4.78, 5) is 23.0. The number of rotatable bonds is 1. The molecule has 2 heterocycles. The first-order valence-corrected chi connectivity index (χ1v) is 5.57. The van der Waals surface area contributed by atoms with E-state index in [-0.39, 0.29) is 5.56 Å². The first kappa shape index (κ1) is 10.1. The molecule has 86 valence electrons. The molecule has 0 aliphatic carbocycles. The van der Waals surface area contributed by atoms with Crippen molar-refractivity contribution in [2.24, 2.45) is 0 Å². The number of hydrogen-bond acceptors (Lipinski definition) is 2. The van der Waals surface area contributed by atoms with Crippen LogP contribution in [0.1, 0.15) is 22.3 Å². The van der Waals surface area contributed by atoms with Crippen molar-refractivity contribution in [1.29, 1.82) is 0 Å². The third-order valence-electron chi connectivity index (χ3n) is 3.25. The zero-order chi connectivity index (χ0) is 12.0. The van der Waals surface area contributed by atoms with E-state index in [1.165, 1.54) is 6.07 Å². The molecule has 0 radical (unpaired) electrons. The first-order valence-electron chi connectivity index (χ1n) is 5.57. The van der Waals surface area contributed by atoms with E-state index >= 15 is 0 Å². The number of aromatic nitrogens is 1. The summed E-state index contributed by atoms with van der Waals surface area (Å²) < 4.78 is 1.59. The predicted octanol–water partition coefficient (Wildman–Crippen LogP) is 1.65. The van der Waals surface area contributed by atoms with Crippen molar-refractivity contribution >= 4 is 16.9 Å². The SMILES string of the molecule is O=C(O)c1cc2cccc3c2n(c1=O)CCC3. The minimum Gasteiger partial charge on any atom is -0.477 e. The molecular weight excluding hydrogens is 218 g/mol. The lowest BCUT2D eigenvalue weighted by molar-refractivity contribution is 0.0694. The van der Waals surface area contributed by atoms with Gasteiger partial charge in [-0.1, -0.05) is 18.2 Å². The van der Waals surface area contributed by atoms with Gasteiger partial charge in [-0.3, -0.25) is 4.79 Å². The molecule has 0 unspecified atom stereocenters. The lowest BCUT2D eigenvalue weighted by atomic mass is 10.00. The minimum absolute atomic E-state index is 0.142. The van der Waals surface area contributed by atoms with Crippen LogP contribution >= 0.6 is 0 Å². The molecule has 3 rings (SSSR count).